The largest absolute Gasteiger partial charge is 0.374 e. The van der Waals surface area contributed by atoms with Crippen LogP contribution in [-0.4, -0.2) is 53.1 Å². The highest BCUT2D eigenvalue weighted by molar-refractivity contribution is 5.10. The molecule has 5 nitrogen and oxygen atoms in total. The van der Waals surface area contributed by atoms with Gasteiger partial charge in [-0.05, 0) is 38.8 Å². The number of nitrogens with one attached hydrogen (secondary N) is 1. The third-order valence-electron chi connectivity index (χ3n) is 4.72. The summed E-state index contributed by atoms with van der Waals surface area (Å²) in [5, 5.41) is 8.14. The molecule has 2 atom stereocenters. The Labute approximate surface area is 127 Å². The SMILES string of the molecule is CCc1cc(CNCC2CN3CCCC3CO2)n(CC)n1. The lowest BCUT2D eigenvalue weighted by molar-refractivity contribution is -0.0470. The van der Waals surface area contributed by atoms with Crippen LogP contribution in [0.3, 0.4) is 0 Å². The van der Waals surface area contributed by atoms with E-state index in [0.717, 1.165) is 39.2 Å². The lowest BCUT2D eigenvalue weighted by Crippen LogP contribution is -2.49. The van der Waals surface area contributed by atoms with Gasteiger partial charge in [0.1, 0.15) is 0 Å². The van der Waals surface area contributed by atoms with Crippen molar-refractivity contribution in [3.8, 4) is 0 Å². The Kier molecular flexibility index (Phi) is 4.93. The lowest BCUT2D eigenvalue weighted by Gasteiger charge is -2.35. The van der Waals surface area contributed by atoms with Gasteiger partial charge in [0.15, 0.2) is 0 Å². The summed E-state index contributed by atoms with van der Waals surface area (Å²) >= 11 is 0. The molecule has 0 aromatic carbocycles. The maximum atomic E-state index is 5.99. The van der Waals surface area contributed by atoms with Crippen molar-refractivity contribution in [2.24, 2.45) is 0 Å². The molecule has 0 saturated carbocycles. The molecule has 1 N–H and O–H groups in total. The van der Waals surface area contributed by atoms with Crippen LogP contribution in [0.1, 0.15) is 38.1 Å². The van der Waals surface area contributed by atoms with E-state index < -0.39 is 0 Å². The number of rotatable bonds is 6. The van der Waals surface area contributed by atoms with E-state index in [0.29, 0.717) is 12.1 Å². The number of ether oxygens (including phenoxy) is 1. The van der Waals surface area contributed by atoms with Crippen LogP contribution in [0, 0.1) is 0 Å². The fraction of sp³-hybridized carbons (Fsp3) is 0.812. The molecule has 21 heavy (non-hydrogen) atoms. The molecule has 0 bridgehead atoms. The summed E-state index contributed by atoms with van der Waals surface area (Å²) in [5.41, 5.74) is 2.46. The molecule has 2 fully saturated rings. The molecule has 1 aromatic heterocycles. The minimum Gasteiger partial charge on any atom is -0.374 e. The summed E-state index contributed by atoms with van der Waals surface area (Å²) in [6.45, 7) is 10.3. The predicted octanol–water partition coefficient (Wildman–Crippen LogP) is 1.42. The van der Waals surface area contributed by atoms with Gasteiger partial charge in [-0.15, -0.1) is 0 Å². The van der Waals surface area contributed by atoms with E-state index >= 15 is 0 Å². The monoisotopic (exact) mass is 292 g/mol. The number of hydrogen-bond donors (Lipinski definition) is 1. The number of aryl methyl sites for hydroxylation is 2. The molecular formula is C16H28N4O. The van der Waals surface area contributed by atoms with Crippen LogP contribution in [-0.2, 0) is 24.2 Å². The number of aromatic nitrogens is 2. The van der Waals surface area contributed by atoms with Crippen LogP contribution in [0.5, 0.6) is 0 Å². The molecule has 1 aromatic rings. The quantitative estimate of drug-likeness (QED) is 0.861. The minimum atomic E-state index is 0.336. The van der Waals surface area contributed by atoms with Gasteiger partial charge in [-0.3, -0.25) is 9.58 Å². The van der Waals surface area contributed by atoms with Crippen molar-refractivity contribution < 1.29 is 4.74 Å². The maximum absolute atomic E-state index is 5.99. The summed E-state index contributed by atoms with van der Waals surface area (Å²) in [4.78, 5) is 2.60. The van der Waals surface area contributed by atoms with Crippen molar-refractivity contribution >= 4 is 0 Å². The fourth-order valence-electron chi connectivity index (χ4n) is 3.47. The first-order chi connectivity index (χ1) is 10.3. The van der Waals surface area contributed by atoms with Crippen molar-refractivity contribution in [3.63, 3.8) is 0 Å². The van der Waals surface area contributed by atoms with E-state index in [4.69, 9.17) is 4.74 Å². The van der Waals surface area contributed by atoms with Gasteiger partial charge in [0, 0.05) is 32.2 Å². The molecular weight excluding hydrogens is 264 g/mol. The zero-order valence-corrected chi connectivity index (χ0v) is 13.3. The van der Waals surface area contributed by atoms with Crippen LogP contribution < -0.4 is 5.32 Å². The summed E-state index contributed by atoms with van der Waals surface area (Å²) in [5.74, 6) is 0. The first-order valence-electron chi connectivity index (χ1n) is 8.42. The number of morpholine rings is 1. The molecule has 3 rings (SSSR count). The van der Waals surface area contributed by atoms with Gasteiger partial charge >= 0.3 is 0 Å². The lowest BCUT2D eigenvalue weighted by atomic mass is 10.2. The van der Waals surface area contributed by atoms with Crippen LogP contribution in [0.15, 0.2) is 6.07 Å². The van der Waals surface area contributed by atoms with E-state index in [9.17, 15) is 0 Å². The van der Waals surface area contributed by atoms with Gasteiger partial charge in [0.2, 0.25) is 0 Å². The van der Waals surface area contributed by atoms with Gasteiger partial charge in [0.25, 0.3) is 0 Å². The van der Waals surface area contributed by atoms with Crippen LogP contribution in [0.2, 0.25) is 0 Å². The smallest absolute Gasteiger partial charge is 0.0827 e. The Morgan fingerprint density at radius 2 is 2.33 bits per heavy atom. The Balaban J connectivity index is 1.46. The van der Waals surface area contributed by atoms with E-state index in [2.05, 4.69) is 39.9 Å². The Hall–Kier alpha value is -0.910. The maximum Gasteiger partial charge on any atom is 0.0827 e. The van der Waals surface area contributed by atoms with E-state index in [-0.39, 0.29) is 0 Å². The van der Waals surface area contributed by atoms with Crippen molar-refractivity contribution in [2.75, 3.05) is 26.2 Å². The normalized spacial score (nSPS) is 26.2. The zero-order chi connectivity index (χ0) is 14.7. The second-order valence-corrected chi connectivity index (χ2v) is 6.17. The van der Waals surface area contributed by atoms with Gasteiger partial charge in [-0.25, -0.2) is 0 Å². The van der Waals surface area contributed by atoms with Gasteiger partial charge < -0.3 is 10.1 Å². The van der Waals surface area contributed by atoms with Crippen molar-refractivity contribution in [1.29, 1.82) is 0 Å². The van der Waals surface area contributed by atoms with E-state index in [1.54, 1.807) is 0 Å². The first kappa shape index (κ1) is 15.0. The molecule has 0 amide bonds. The molecule has 0 aliphatic carbocycles. The fourth-order valence-corrected chi connectivity index (χ4v) is 3.47. The minimum absolute atomic E-state index is 0.336. The second kappa shape index (κ2) is 6.90. The third-order valence-corrected chi connectivity index (χ3v) is 4.72. The molecule has 118 valence electrons. The standard InChI is InChI=1S/C16H28N4O/c1-3-13-8-15(20(4-2)18-13)9-17-10-16-11-19-7-5-6-14(19)12-21-16/h8,14,16-17H,3-7,9-12H2,1-2H3. The van der Waals surface area contributed by atoms with Gasteiger partial charge in [-0.1, -0.05) is 6.92 Å². The molecule has 2 saturated heterocycles. The Morgan fingerprint density at radius 3 is 3.14 bits per heavy atom. The van der Waals surface area contributed by atoms with Crippen molar-refractivity contribution in [2.45, 2.75) is 58.3 Å². The summed E-state index contributed by atoms with van der Waals surface area (Å²) in [7, 11) is 0. The zero-order valence-electron chi connectivity index (χ0n) is 13.3. The highest BCUT2D eigenvalue weighted by Crippen LogP contribution is 2.22. The average molecular weight is 292 g/mol. The van der Waals surface area contributed by atoms with Crippen LogP contribution in [0.25, 0.3) is 0 Å². The molecule has 2 unspecified atom stereocenters. The van der Waals surface area contributed by atoms with E-state index in [1.165, 1.54) is 30.8 Å². The Morgan fingerprint density at radius 1 is 1.43 bits per heavy atom. The van der Waals surface area contributed by atoms with Crippen LogP contribution in [0.4, 0.5) is 0 Å². The molecule has 3 heterocycles. The molecule has 2 aliphatic rings. The highest BCUT2D eigenvalue weighted by Gasteiger charge is 2.31. The summed E-state index contributed by atoms with van der Waals surface area (Å²) < 4.78 is 8.09. The van der Waals surface area contributed by atoms with Crippen molar-refractivity contribution in [3.05, 3.63) is 17.5 Å². The number of hydrogen-bond acceptors (Lipinski definition) is 4. The van der Waals surface area contributed by atoms with Gasteiger partial charge in [0.05, 0.1) is 24.1 Å². The third kappa shape index (κ3) is 3.47. The number of nitrogens with zero attached hydrogens (tertiary/aromatic N) is 3. The van der Waals surface area contributed by atoms with E-state index in [1.807, 2.05) is 0 Å². The van der Waals surface area contributed by atoms with Gasteiger partial charge in [-0.2, -0.15) is 5.10 Å². The number of fused-ring (bicyclic) bond motifs is 1. The summed E-state index contributed by atoms with van der Waals surface area (Å²) in [6, 6.07) is 2.91. The topological polar surface area (TPSA) is 42.3 Å². The Bertz CT molecular complexity index is 459. The average Bonchev–Trinajstić information content (AvgIpc) is 3.12. The molecule has 2 aliphatic heterocycles. The predicted molar refractivity (Wildman–Crippen MR) is 83.3 cm³/mol. The molecule has 0 spiro atoms. The highest BCUT2D eigenvalue weighted by atomic mass is 16.5. The molecule has 5 heteroatoms. The second-order valence-electron chi connectivity index (χ2n) is 6.17. The summed E-state index contributed by atoms with van der Waals surface area (Å²) in [6.07, 6.45) is 3.99. The molecule has 0 radical (unpaired) electrons. The van der Waals surface area contributed by atoms with Crippen LogP contribution >= 0.6 is 0 Å². The first-order valence-corrected chi connectivity index (χ1v) is 8.42. The van der Waals surface area contributed by atoms with Crippen molar-refractivity contribution in [1.82, 2.24) is 20.0 Å².